The lowest BCUT2D eigenvalue weighted by Gasteiger charge is -2.10. The largest absolute Gasteiger partial charge is 0.496 e. The molecular formula is C14H14ClNO. The highest BCUT2D eigenvalue weighted by Gasteiger charge is 2.19. The van der Waals surface area contributed by atoms with E-state index in [4.69, 9.17) is 21.3 Å². The van der Waals surface area contributed by atoms with Gasteiger partial charge >= 0.3 is 0 Å². The van der Waals surface area contributed by atoms with Crippen molar-refractivity contribution in [2.45, 2.75) is 26.2 Å². The van der Waals surface area contributed by atoms with Crippen molar-refractivity contribution in [2.24, 2.45) is 0 Å². The molecule has 17 heavy (non-hydrogen) atoms. The maximum absolute atomic E-state index is 6.47. The molecule has 0 aliphatic heterocycles. The van der Waals surface area contributed by atoms with Crippen molar-refractivity contribution in [3.05, 3.63) is 34.0 Å². The van der Waals surface area contributed by atoms with Crippen LogP contribution in [-0.4, -0.2) is 12.1 Å². The maximum Gasteiger partial charge on any atom is 0.122 e. The van der Waals surface area contributed by atoms with Crippen LogP contribution in [0.3, 0.4) is 0 Å². The number of benzene rings is 1. The third kappa shape index (κ3) is 1.59. The minimum absolute atomic E-state index is 0.862. The molecule has 3 heteroatoms. The Balaban J connectivity index is 2.36. The van der Waals surface area contributed by atoms with E-state index >= 15 is 0 Å². The monoisotopic (exact) mass is 247 g/mol. The topological polar surface area (TPSA) is 22.1 Å². The smallest absolute Gasteiger partial charge is 0.122 e. The number of halogens is 1. The molecule has 0 bridgehead atoms. The first-order valence-corrected chi connectivity index (χ1v) is 6.24. The number of hydrogen-bond donors (Lipinski definition) is 0. The van der Waals surface area contributed by atoms with Gasteiger partial charge in [0.15, 0.2) is 0 Å². The van der Waals surface area contributed by atoms with Crippen LogP contribution in [0.25, 0.3) is 10.9 Å². The molecule has 0 unspecified atom stereocenters. The quantitative estimate of drug-likeness (QED) is 0.767. The number of nitrogens with zero attached hydrogens (tertiary/aromatic N) is 1. The average molecular weight is 248 g/mol. The van der Waals surface area contributed by atoms with E-state index in [9.17, 15) is 0 Å². The van der Waals surface area contributed by atoms with Crippen molar-refractivity contribution in [1.29, 1.82) is 0 Å². The molecule has 0 saturated heterocycles. The molecule has 0 radical (unpaired) electrons. The van der Waals surface area contributed by atoms with Crippen LogP contribution in [0.4, 0.5) is 0 Å². The molecule has 1 heterocycles. The Morgan fingerprint density at radius 1 is 1.29 bits per heavy atom. The average Bonchev–Trinajstić information content (AvgIpc) is 2.77. The van der Waals surface area contributed by atoms with Crippen LogP contribution in [0.5, 0.6) is 5.75 Å². The van der Waals surface area contributed by atoms with Crippen molar-refractivity contribution in [3.8, 4) is 5.75 Å². The highest BCUT2D eigenvalue weighted by atomic mass is 35.5. The summed E-state index contributed by atoms with van der Waals surface area (Å²) in [7, 11) is 1.68. The fraction of sp³-hybridized carbons (Fsp3) is 0.357. The number of rotatable bonds is 1. The van der Waals surface area contributed by atoms with Crippen molar-refractivity contribution < 1.29 is 4.74 Å². The zero-order chi connectivity index (χ0) is 12.0. The van der Waals surface area contributed by atoms with Crippen LogP contribution in [0.1, 0.15) is 23.2 Å². The number of aromatic nitrogens is 1. The normalized spacial score (nSPS) is 14.1. The Morgan fingerprint density at radius 2 is 2.12 bits per heavy atom. The molecule has 0 fully saturated rings. The van der Waals surface area contributed by atoms with Crippen molar-refractivity contribution >= 4 is 22.5 Å². The molecule has 2 aromatic rings. The summed E-state index contributed by atoms with van der Waals surface area (Å²) >= 11 is 6.47. The lowest BCUT2D eigenvalue weighted by Crippen LogP contribution is -1.94. The van der Waals surface area contributed by atoms with Crippen molar-refractivity contribution in [2.75, 3.05) is 7.11 Å². The van der Waals surface area contributed by atoms with Gasteiger partial charge in [-0.2, -0.15) is 0 Å². The minimum Gasteiger partial charge on any atom is -0.496 e. The molecule has 0 N–H and O–H groups in total. The van der Waals surface area contributed by atoms with E-state index in [2.05, 4.69) is 6.07 Å². The van der Waals surface area contributed by atoms with Crippen LogP contribution >= 0.6 is 11.6 Å². The van der Waals surface area contributed by atoms with Gasteiger partial charge in [0.25, 0.3) is 0 Å². The van der Waals surface area contributed by atoms with E-state index < -0.39 is 0 Å². The summed E-state index contributed by atoms with van der Waals surface area (Å²) in [5.74, 6) is 0.874. The summed E-state index contributed by atoms with van der Waals surface area (Å²) in [5, 5.41) is 1.87. The third-order valence-corrected chi connectivity index (χ3v) is 3.89. The van der Waals surface area contributed by atoms with Crippen LogP contribution in [0.15, 0.2) is 12.1 Å². The Kier molecular flexibility index (Phi) is 2.48. The predicted molar refractivity (Wildman–Crippen MR) is 70.1 cm³/mol. The van der Waals surface area contributed by atoms with Gasteiger partial charge in [-0.3, -0.25) is 4.98 Å². The van der Waals surface area contributed by atoms with Crippen LogP contribution in [0.2, 0.25) is 5.02 Å². The second-order valence-electron chi connectivity index (χ2n) is 4.54. The zero-order valence-corrected chi connectivity index (χ0v) is 10.8. The van der Waals surface area contributed by atoms with Crippen LogP contribution < -0.4 is 4.74 Å². The molecule has 1 aliphatic rings. The van der Waals surface area contributed by atoms with E-state index in [-0.39, 0.29) is 0 Å². The Hall–Kier alpha value is -1.28. The van der Waals surface area contributed by atoms with Gasteiger partial charge in [0, 0.05) is 11.1 Å². The summed E-state index contributed by atoms with van der Waals surface area (Å²) in [4.78, 5) is 4.71. The van der Waals surface area contributed by atoms with Crippen LogP contribution in [0, 0.1) is 6.92 Å². The summed E-state index contributed by atoms with van der Waals surface area (Å²) in [6, 6.07) is 4.05. The minimum atomic E-state index is 0.862. The molecule has 1 aromatic carbocycles. The molecule has 1 aliphatic carbocycles. The van der Waals surface area contributed by atoms with Gasteiger partial charge < -0.3 is 4.74 Å². The first kappa shape index (κ1) is 10.8. The molecule has 2 nitrogen and oxygen atoms in total. The van der Waals surface area contributed by atoms with Gasteiger partial charge in [0.05, 0.1) is 17.6 Å². The molecule has 0 saturated carbocycles. The lowest BCUT2D eigenvalue weighted by molar-refractivity contribution is 0.412. The van der Waals surface area contributed by atoms with Crippen molar-refractivity contribution in [1.82, 2.24) is 4.98 Å². The fourth-order valence-electron chi connectivity index (χ4n) is 2.56. The molecule has 88 valence electrons. The van der Waals surface area contributed by atoms with Gasteiger partial charge in [-0.25, -0.2) is 0 Å². The lowest BCUT2D eigenvalue weighted by atomic mass is 10.1. The number of methoxy groups -OCH3 is 1. The van der Waals surface area contributed by atoms with E-state index in [1.165, 1.54) is 11.3 Å². The number of pyridine rings is 1. The Bertz CT molecular complexity index is 607. The van der Waals surface area contributed by atoms with E-state index in [0.29, 0.717) is 0 Å². The van der Waals surface area contributed by atoms with Gasteiger partial charge in [0.2, 0.25) is 0 Å². The van der Waals surface area contributed by atoms with E-state index in [1.54, 1.807) is 7.11 Å². The van der Waals surface area contributed by atoms with Crippen LogP contribution in [-0.2, 0) is 12.8 Å². The van der Waals surface area contributed by atoms with Gasteiger partial charge in [-0.15, -0.1) is 0 Å². The standard InChI is InChI=1S/C14H14ClNO/c1-8-6-12-10(7-13(8)17-2)14(15)9-4-3-5-11(9)16-12/h6-7H,3-5H2,1-2H3. The summed E-state index contributed by atoms with van der Waals surface area (Å²) in [6.07, 6.45) is 3.26. The molecular weight excluding hydrogens is 234 g/mol. The number of hydrogen-bond acceptors (Lipinski definition) is 2. The SMILES string of the molecule is COc1cc2c(Cl)c3c(nc2cc1C)CCC3. The second-order valence-corrected chi connectivity index (χ2v) is 4.92. The number of aryl methyl sites for hydroxylation is 2. The molecule has 0 atom stereocenters. The zero-order valence-electron chi connectivity index (χ0n) is 10.0. The first-order valence-electron chi connectivity index (χ1n) is 5.86. The van der Waals surface area contributed by atoms with Gasteiger partial charge in [-0.05, 0) is 49.4 Å². The summed E-state index contributed by atoms with van der Waals surface area (Å²) < 4.78 is 5.34. The predicted octanol–water partition coefficient (Wildman–Crippen LogP) is 3.69. The van der Waals surface area contributed by atoms with Gasteiger partial charge in [-0.1, -0.05) is 11.6 Å². The maximum atomic E-state index is 6.47. The molecule has 3 rings (SSSR count). The molecule has 1 aromatic heterocycles. The number of ether oxygens (including phenoxy) is 1. The second kappa shape index (κ2) is 3.88. The third-order valence-electron chi connectivity index (χ3n) is 3.46. The van der Waals surface area contributed by atoms with E-state index in [1.807, 2.05) is 13.0 Å². The van der Waals surface area contributed by atoms with Crippen molar-refractivity contribution in [3.63, 3.8) is 0 Å². The van der Waals surface area contributed by atoms with E-state index in [0.717, 1.165) is 46.5 Å². The summed E-state index contributed by atoms with van der Waals surface area (Å²) in [6.45, 7) is 2.03. The Morgan fingerprint density at radius 3 is 2.88 bits per heavy atom. The highest BCUT2D eigenvalue weighted by molar-refractivity contribution is 6.36. The Labute approximate surface area is 106 Å². The number of fused-ring (bicyclic) bond motifs is 2. The summed E-state index contributed by atoms with van der Waals surface area (Å²) in [5.41, 5.74) is 4.48. The fourth-order valence-corrected chi connectivity index (χ4v) is 2.91. The molecule has 0 amide bonds. The highest BCUT2D eigenvalue weighted by Crippen LogP contribution is 2.36. The molecule has 0 spiro atoms. The van der Waals surface area contributed by atoms with Gasteiger partial charge in [0.1, 0.15) is 5.75 Å². The first-order chi connectivity index (χ1) is 8.20.